The Balaban J connectivity index is 1.99. The normalized spacial score (nSPS) is 11.4. The van der Waals surface area contributed by atoms with Crippen molar-refractivity contribution in [2.75, 3.05) is 18.6 Å². The van der Waals surface area contributed by atoms with E-state index in [1.807, 2.05) is 6.07 Å². The van der Waals surface area contributed by atoms with Crippen molar-refractivity contribution in [2.24, 2.45) is 0 Å². The van der Waals surface area contributed by atoms with Gasteiger partial charge in [0, 0.05) is 5.75 Å². The third kappa shape index (κ3) is 4.42. The average Bonchev–Trinajstić information content (AvgIpc) is 2.71. The first kappa shape index (κ1) is 20.1. The topological polar surface area (TPSA) is 105 Å². The largest absolute Gasteiger partial charge is 0.268 e. The van der Waals surface area contributed by atoms with E-state index in [9.17, 15) is 13.2 Å². The fraction of sp³-hybridized carbons (Fsp3) is 0.211. The lowest BCUT2D eigenvalue weighted by molar-refractivity contribution is 0.587. The molecule has 9 heteroatoms. The molecule has 28 heavy (non-hydrogen) atoms. The second-order valence-electron chi connectivity index (χ2n) is 5.94. The average molecular weight is 415 g/mol. The summed E-state index contributed by atoms with van der Waals surface area (Å²) in [5.74, 6) is 0.493. The van der Waals surface area contributed by atoms with Gasteiger partial charge in [-0.25, -0.2) is 18.1 Å². The van der Waals surface area contributed by atoms with Crippen molar-refractivity contribution in [3.63, 3.8) is 0 Å². The van der Waals surface area contributed by atoms with Gasteiger partial charge in [0.2, 0.25) is 10.0 Å². The Morgan fingerprint density at radius 3 is 2.57 bits per heavy atom. The summed E-state index contributed by atoms with van der Waals surface area (Å²) in [7, 11) is -1.88. The summed E-state index contributed by atoms with van der Waals surface area (Å²) in [4.78, 5) is 17.7. The quantitative estimate of drug-likeness (QED) is 0.361. The van der Waals surface area contributed by atoms with Gasteiger partial charge in [-0.15, -0.1) is 0 Å². The maximum absolute atomic E-state index is 13.1. The van der Waals surface area contributed by atoms with Crippen molar-refractivity contribution in [1.29, 1.82) is 5.26 Å². The van der Waals surface area contributed by atoms with Gasteiger partial charge in [0.1, 0.15) is 0 Å². The molecular formula is C19H18N4O3S2. The molecule has 0 spiro atoms. The molecule has 0 amide bonds. The van der Waals surface area contributed by atoms with Crippen LogP contribution in [0.25, 0.3) is 16.6 Å². The molecule has 0 bridgehead atoms. The number of thioether (sulfide) groups is 1. The van der Waals surface area contributed by atoms with E-state index in [1.54, 1.807) is 42.5 Å². The number of hydrogen-bond donors (Lipinski definition) is 1. The molecule has 7 nitrogen and oxygen atoms in total. The lowest BCUT2D eigenvalue weighted by atomic mass is 10.2. The molecule has 0 aliphatic rings. The van der Waals surface area contributed by atoms with E-state index >= 15 is 0 Å². The molecule has 144 valence electrons. The Kier molecular flexibility index (Phi) is 6.14. The van der Waals surface area contributed by atoms with Crippen molar-refractivity contribution < 1.29 is 8.42 Å². The van der Waals surface area contributed by atoms with Gasteiger partial charge in [-0.1, -0.05) is 23.9 Å². The summed E-state index contributed by atoms with van der Waals surface area (Å²) in [5, 5.41) is 9.97. The number of sulfonamides is 1. The number of hydrogen-bond acceptors (Lipinski definition) is 6. The minimum Gasteiger partial charge on any atom is -0.268 e. The summed E-state index contributed by atoms with van der Waals surface area (Å²) in [6, 6.07) is 15.8. The van der Waals surface area contributed by atoms with Crippen LogP contribution in [0.1, 0.15) is 12.0 Å². The summed E-state index contributed by atoms with van der Waals surface area (Å²) in [6.07, 6.45) is 0.421. The predicted octanol–water partition coefficient (Wildman–Crippen LogP) is 2.29. The highest BCUT2D eigenvalue weighted by Gasteiger charge is 2.14. The molecule has 0 unspecified atom stereocenters. The molecule has 2 aromatic carbocycles. The minimum atomic E-state index is -3.27. The lowest BCUT2D eigenvalue weighted by Crippen LogP contribution is -2.23. The molecule has 1 heterocycles. The highest BCUT2D eigenvalue weighted by atomic mass is 32.2. The number of rotatable bonds is 7. The van der Waals surface area contributed by atoms with Crippen molar-refractivity contribution in [1.82, 2.24) is 14.3 Å². The second-order valence-corrected chi connectivity index (χ2v) is 9.04. The molecule has 0 fully saturated rings. The number of para-hydroxylation sites is 1. The summed E-state index contributed by atoms with van der Waals surface area (Å²) in [6.45, 7) is 0. The smallest absolute Gasteiger partial charge is 0.266 e. The van der Waals surface area contributed by atoms with Crippen LogP contribution in [0.4, 0.5) is 0 Å². The first-order valence-corrected chi connectivity index (χ1v) is 11.2. The maximum atomic E-state index is 13.1. The van der Waals surface area contributed by atoms with Crippen LogP contribution in [0.15, 0.2) is 58.5 Å². The standard InChI is InChI=1S/C19H18N4O3S2/c1-21-28(25,26)12-4-11-27-19-22-17-6-3-2-5-16(17)18(24)23(19)15-9-7-14(13-20)8-10-15/h2-3,5-10,21H,4,11-12H2,1H3. The van der Waals surface area contributed by atoms with Crippen LogP contribution >= 0.6 is 11.8 Å². The van der Waals surface area contributed by atoms with Crippen LogP contribution in [-0.2, 0) is 10.0 Å². The van der Waals surface area contributed by atoms with Gasteiger partial charge in [0.15, 0.2) is 5.16 Å². The lowest BCUT2D eigenvalue weighted by Gasteiger charge is -2.13. The van der Waals surface area contributed by atoms with Gasteiger partial charge in [-0.2, -0.15) is 5.26 Å². The fourth-order valence-electron chi connectivity index (χ4n) is 2.64. The van der Waals surface area contributed by atoms with Crippen LogP contribution in [0.2, 0.25) is 0 Å². The second kappa shape index (κ2) is 8.56. The number of nitriles is 1. The maximum Gasteiger partial charge on any atom is 0.266 e. The number of nitrogens with zero attached hydrogens (tertiary/aromatic N) is 3. The zero-order valence-electron chi connectivity index (χ0n) is 15.1. The Bertz CT molecular complexity index is 1200. The number of nitrogens with one attached hydrogen (secondary N) is 1. The van der Waals surface area contributed by atoms with Crippen LogP contribution in [0.3, 0.4) is 0 Å². The van der Waals surface area contributed by atoms with Crippen LogP contribution < -0.4 is 10.3 Å². The van der Waals surface area contributed by atoms with E-state index in [2.05, 4.69) is 15.8 Å². The molecule has 0 aliphatic carbocycles. The van der Waals surface area contributed by atoms with E-state index in [0.717, 1.165) is 0 Å². The van der Waals surface area contributed by atoms with Gasteiger partial charge in [-0.05, 0) is 49.9 Å². The predicted molar refractivity (Wildman–Crippen MR) is 110 cm³/mol. The Hall–Kier alpha value is -2.67. The summed E-state index contributed by atoms with van der Waals surface area (Å²) in [5.41, 5.74) is 1.48. The van der Waals surface area contributed by atoms with Crippen molar-refractivity contribution in [3.05, 3.63) is 64.4 Å². The van der Waals surface area contributed by atoms with Crippen molar-refractivity contribution in [3.8, 4) is 11.8 Å². The SMILES string of the molecule is CNS(=O)(=O)CCCSc1nc2ccccc2c(=O)n1-c1ccc(C#N)cc1. The summed E-state index contributed by atoms with van der Waals surface area (Å²) >= 11 is 1.33. The molecular weight excluding hydrogens is 396 g/mol. The van der Waals surface area contributed by atoms with Gasteiger partial charge >= 0.3 is 0 Å². The van der Waals surface area contributed by atoms with Gasteiger partial charge in [-0.3, -0.25) is 9.36 Å². The molecule has 1 aromatic heterocycles. The highest BCUT2D eigenvalue weighted by molar-refractivity contribution is 7.99. The van der Waals surface area contributed by atoms with Crippen molar-refractivity contribution >= 4 is 32.7 Å². The van der Waals surface area contributed by atoms with Crippen molar-refractivity contribution in [2.45, 2.75) is 11.6 Å². The zero-order chi connectivity index (χ0) is 20.1. The van der Waals surface area contributed by atoms with E-state index in [-0.39, 0.29) is 11.3 Å². The third-order valence-electron chi connectivity index (χ3n) is 4.10. The molecule has 0 atom stereocenters. The monoisotopic (exact) mass is 414 g/mol. The molecule has 0 aliphatic heterocycles. The molecule has 1 N–H and O–H groups in total. The van der Waals surface area contributed by atoms with Crippen LogP contribution in [-0.4, -0.2) is 36.5 Å². The molecule has 0 saturated carbocycles. The van der Waals surface area contributed by atoms with Crippen LogP contribution in [0, 0.1) is 11.3 Å². The Labute approximate surface area is 167 Å². The Morgan fingerprint density at radius 1 is 1.18 bits per heavy atom. The fourth-order valence-corrected chi connectivity index (χ4v) is 4.50. The highest BCUT2D eigenvalue weighted by Crippen LogP contribution is 2.22. The minimum absolute atomic E-state index is 0.00514. The van der Waals surface area contributed by atoms with Gasteiger partial charge < -0.3 is 0 Å². The molecule has 3 rings (SSSR count). The first-order valence-electron chi connectivity index (χ1n) is 8.51. The van der Waals surface area contributed by atoms with Gasteiger partial charge in [0.05, 0.1) is 34.0 Å². The summed E-state index contributed by atoms with van der Waals surface area (Å²) < 4.78 is 26.9. The van der Waals surface area contributed by atoms with E-state index in [1.165, 1.54) is 23.4 Å². The number of benzene rings is 2. The molecule has 0 saturated heterocycles. The van der Waals surface area contributed by atoms with E-state index in [4.69, 9.17) is 5.26 Å². The van der Waals surface area contributed by atoms with E-state index < -0.39 is 10.0 Å². The molecule has 0 radical (unpaired) electrons. The number of fused-ring (bicyclic) bond motifs is 1. The third-order valence-corrected chi connectivity index (χ3v) is 6.57. The zero-order valence-corrected chi connectivity index (χ0v) is 16.8. The van der Waals surface area contributed by atoms with E-state index in [0.29, 0.717) is 39.5 Å². The van der Waals surface area contributed by atoms with Gasteiger partial charge in [0.25, 0.3) is 5.56 Å². The number of aromatic nitrogens is 2. The first-order chi connectivity index (χ1) is 13.4. The Morgan fingerprint density at radius 2 is 1.89 bits per heavy atom. The van der Waals surface area contributed by atoms with Crippen LogP contribution in [0.5, 0.6) is 0 Å². The molecule has 3 aromatic rings.